The average molecular weight is 321 g/mol. The molecule has 1 heterocycles. The molecule has 0 N–H and O–H groups in total. The number of hydrogen-bond donors (Lipinski definition) is 0. The Kier molecular flexibility index (Phi) is 3.92. The first-order chi connectivity index (χ1) is 11.3. The van der Waals surface area contributed by atoms with Crippen LogP contribution >= 0.6 is 11.8 Å². The van der Waals surface area contributed by atoms with Crippen LogP contribution in [0, 0.1) is 6.92 Å². The fraction of sp³-hybridized carbons (Fsp3) is 0.263. The van der Waals surface area contributed by atoms with E-state index >= 15 is 0 Å². The minimum atomic E-state index is 0.579. The predicted molar refractivity (Wildman–Crippen MR) is 94.1 cm³/mol. The summed E-state index contributed by atoms with van der Waals surface area (Å²) in [5.74, 6) is 2.61. The largest absolute Gasteiger partial charge is 0.274 e. The number of nitrogens with zero attached hydrogens (tertiary/aromatic N) is 3. The molecule has 0 bridgehead atoms. The van der Waals surface area contributed by atoms with Gasteiger partial charge in [-0.15, -0.1) is 10.2 Å². The SMILES string of the molecule is Cc1ccccc1CSc1nnc(C2CC2)n1-c1ccccc1. The Morgan fingerprint density at radius 1 is 1.00 bits per heavy atom. The fourth-order valence-corrected chi connectivity index (χ4v) is 3.75. The third kappa shape index (κ3) is 3.04. The quantitative estimate of drug-likeness (QED) is 0.636. The molecular formula is C19H19N3S. The first-order valence-electron chi connectivity index (χ1n) is 8.01. The van der Waals surface area contributed by atoms with Crippen molar-refractivity contribution in [3.63, 3.8) is 0 Å². The van der Waals surface area contributed by atoms with Crippen molar-refractivity contribution in [2.45, 2.75) is 36.6 Å². The van der Waals surface area contributed by atoms with E-state index in [2.05, 4.69) is 70.2 Å². The van der Waals surface area contributed by atoms with E-state index in [-0.39, 0.29) is 0 Å². The van der Waals surface area contributed by atoms with E-state index in [4.69, 9.17) is 0 Å². The van der Waals surface area contributed by atoms with Gasteiger partial charge in [0.15, 0.2) is 5.16 Å². The highest BCUT2D eigenvalue weighted by Gasteiger charge is 2.30. The summed E-state index contributed by atoms with van der Waals surface area (Å²) in [7, 11) is 0. The van der Waals surface area contributed by atoms with Crippen LogP contribution in [0.25, 0.3) is 5.69 Å². The Morgan fingerprint density at radius 2 is 1.74 bits per heavy atom. The second-order valence-corrected chi connectivity index (χ2v) is 6.94. The topological polar surface area (TPSA) is 30.7 Å². The van der Waals surface area contributed by atoms with Crippen molar-refractivity contribution in [3.8, 4) is 5.69 Å². The van der Waals surface area contributed by atoms with Gasteiger partial charge in [0.25, 0.3) is 0 Å². The van der Waals surface area contributed by atoms with Crippen molar-refractivity contribution in [1.29, 1.82) is 0 Å². The maximum atomic E-state index is 4.48. The molecule has 23 heavy (non-hydrogen) atoms. The van der Waals surface area contributed by atoms with E-state index in [9.17, 15) is 0 Å². The van der Waals surface area contributed by atoms with Gasteiger partial charge in [-0.2, -0.15) is 0 Å². The maximum absolute atomic E-state index is 4.48. The smallest absolute Gasteiger partial charge is 0.196 e. The lowest BCUT2D eigenvalue weighted by molar-refractivity contribution is 0.829. The molecule has 0 unspecified atom stereocenters. The summed E-state index contributed by atoms with van der Waals surface area (Å²) in [6.45, 7) is 2.16. The number of thioether (sulfide) groups is 1. The summed E-state index contributed by atoms with van der Waals surface area (Å²) in [5.41, 5.74) is 3.84. The van der Waals surface area contributed by atoms with E-state index in [0.717, 1.165) is 22.4 Å². The first kappa shape index (κ1) is 14.5. The monoisotopic (exact) mass is 321 g/mol. The van der Waals surface area contributed by atoms with Gasteiger partial charge < -0.3 is 0 Å². The molecule has 1 aliphatic carbocycles. The zero-order valence-electron chi connectivity index (χ0n) is 13.1. The summed E-state index contributed by atoms with van der Waals surface area (Å²) in [6, 6.07) is 19.0. The van der Waals surface area contributed by atoms with Crippen LogP contribution in [0.5, 0.6) is 0 Å². The van der Waals surface area contributed by atoms with E-state index in [1.54, 1.807) is 11.8 Å². The van der Waals surface area contributed by atoms with Crippen LogP contribution in [0.15, 0.2) is 59.8 Å². The van der Waals surface area contributed by atoms with Gasteiger partial charge in [0.1, 0.15) is 5.82 Å². The molecule has 116 valence electrons. The summed E-state index contributed by atoms with van der Waals surface area (Å²) in [6.07, 6.45) is 2.46. The van der Waals surface area contributed by atoms with Gasteiger partial charge in [0.05, 0.1) is 0 Å². The zero-order valence-corrected chi connectivity index (χ0v) is 14.0. The second kappa shape index (κ2) is 6.20. The van der Waals surface area contributed by atoms with Crippen LogP contribution in [0.1, 0.15) is 35.7 Å². The van der Waals surface area contributed by atoms with E-state index in [1.165, 1.54) is 24.0 Å². The highest BCUT2D eigenvalue weighted by Crippen LogP contribution is 2.41. The van der Waals surface area contributed by atoms with Gasteiger partial charge in [-0.1, -0.05) is 54.2 Å². The standard InChI is InChI=1S/C19H19N3S/c1-14-7-5-6-8-16(14)13-23-19-21-20-18(15-11-12-15)22(19)17-9-3-2-4-10-17/h2-10,15H,11-13H2,1H3. The minimum Gasteiger partial charge on any atom is -0.274 e. The molecule has 0 saturated heterocycles. The molecule has 4 rings (SSSR count). The Morgan fingerprint density at radius 3 is 2.48 bits per heavy atom. The Balaban J connectivity index is 1.65. The predicted octanol–water partition coefficient (Wildman–Crippen LogP) is 4.75. The summed E-state index contributed by atoms with van der Waals surface area (Å²) in [5, 5.41) is 9.94. The molecule has 0 radical (unpaired) electrons. The van der Waals surface area contributed by atoms with Crippen LogP contribution in [0.3, 0.4) is 0 Å². The second-order valence-electron chi connectivity index (χ2n) is 6.00. The van der Waals surface area contributed by atoms with Crippen molar-refractivity contribution < 1.29 is 0 Å². The van der Waals surface area contributed by atoms with Crippen LogP contribution < -0.4 is 0 Å². The Bertz CT molecular complexity index is 806. The van der Waals surface area contributed by atoms with Gasteiger partial charge in [0, 0.05) is 17.4 Å². The molecule has 2 aromatic carbocycles. The summed E-state index contributed by atoms with van der Waals surface area (Å²) < 4.78 is 2.24. The Labute approximate surface area is 140 Å². The molecule has 0 amide bonds. The van der Waals surface area contributed by atoms with Crippen molar-refractivity contribution in [3.05, 3.63) is 71.5 Å². The van der Waals surface area contributed by atoms with E-state index in [0.29, 0.717) is 5.92 Å². The molecule has 4 heteroatoms. The molecule has 1 aliphatic rings. The minimum absolute atomic E-state index is 0.579. The van der Waals surface area contributed by atoms with Crippen molar-refractivity contribution in [1.82, 2.24) is 14.8 Å². The van der Waals surface area contributed by atoms with Crippen molar-refractivity contribution in [2.24, 2.45) is 0 Å². The highest BCUT2D eigenvalue weighted by atomic mass is 32.2. The number of aromatic nitrogens is 3. The Hall–Kier alpha value is -2.07. The van der Waals surface area contributed by atoms with Crippen molar-refractivity contribution >= 4 is 11.8 Å². The zero-order chi connectivity index (χ0) is 15.6. The number of para-hydroxylation sites is 1. The first-order valence-corrected chi connectivity index (χ1v) is 8.99. The molecule has 1 saturated carbocycles. The molecular weight excluding hydrogens is 302 g/mol. The molecule has 0 atom stereocenters. The van der Waals surface area contributed by atoms with E-state index < -0.39 is 0 Å². The van der Waals surface area contributed by atoms with Gasteiger partial charge in [0.2, 0.25) is 0 Å². The van der Waals surface area contributed by atoms with E-state index in [1.807, 2.05) is 6.07 Å². The molecule has 1 fully saturated rings. The summed E-state index contributed by atoms with van der Waals surface area (Å²) >= 11 is 1.76. The van der Waals surface area contributed by atoms with Gasteiger partial charge >= 0.3 is 0 Å². The molecule has 3 nitrogen and oxygen atoms in total. The van der Waals surface area contributed by atoms with Crippen LogP contribution in [0.4, 0.5) is 0 Å². The third-order valence-electron chi connectivity index (χ3n) is 4.23. The number of hydrogen-bond acceptors (Lipinski definition) is 3. The van der Waals surface area contributed by atoms with Gasteiger partial charge in [-0.3, -0.25) is 4.57 Å². The molecule has 0 spiro atoms. The number of aryl methyl sites for hydroxylation is 1. The summed E-state index contributed by atoms with van der Waals surface area (Å²) in [4.78, 5) is 0. The fourth-order valence-electron chi connectivity index (χ4n) is 2.71. The van der Waals surface area contributed by atoms with Gasteiger partial charge in [-0.25, -0.2) is 0 Å². The lowest BCUT2D eigenvalue weighted by atomic mass is 10.1. The van der Waals surface area contributed by atoms with Gasteiger partial charge in [-0.05, 0) is 43.0 Å². The average Bonchev–Trinajstić information content (AvgIpc) is 3.35. The van der Waals surface area contributed by atoms with Crippen LogP contribution in [-0.4, -0.2) is 14.8 Å². The van der Waals surface area contributed by atoms with Crippen LogP contribution in [0.2, 0.25) is 0 Å². The lowest BCUT2D eigenvalue weighted by Crippen LogP contribution is -2.01. The highest BCUT2D eigenvalue weighted by molar-refractivity contribution is 7.98. The van der Waals surface area contributed by atoms with Crippen molar-refractivity contribution in [2.75, 3.05) is 0 Å². The molecule has 1 aromatic heterocycles. The lowest BCUT2D eigenvalue weighted by Gasteiger charge is -2.10. The third-order valence-corrected chi connectivity index (χ3v) is 5.21. The molecule has 3 aromatic rings. The number of benzene rings is 2. The molecule has 0 aliphatic heterocycles. The van der Waals surface area contributed by atoms with Crippen LogP contribution in [-0.2, 0) is 5.75 Å². The normalized spacial score (nSPS) is 14.1. The number of rotatable bonds is 5. The maximum Gasteiger partial charge on any atom is 0.196 e.